The van der Waals surface area contributed by atoms with Crippen LogP contribution in [0.2, 0.25) is 0 Å². The number of rotatable bonds is 4. The number of benzene rings is 6. The molecule has 0 saturated heterocycles. The molecule has 0 unspecified atom stereocenters. The van der Waals surface area contributed by atoms with Crippen LogP contribution in [-0.2, 0) is 0 Å². The average molecular weight is 422 g/mol. The van der Waals surface area contributed by atoms with Gasteiger partial charge in [0.1, 0.15) is 0 Å². The lowest BCUT2D eigenvalue weighted by Crippen LogP contribution is -1.89. The van der Waals surface area contributed by atoms with E-state index in [4.69, 9.17) is 0 Å². The molecular formula is C32H23N. The Hall–Kier alpha value is -4.36. The van der Waals surface area contributed by atoms with Crippen molar-refractivity contribution >= 4 is 32.9 Å². The summed E-state index contributed by atoms with van der Waals surface area (Å²) in [5.74, 6) is 0. The molecule has 1 nitrogen and oxygen atoms in total. The summed E-state index contributed by atoms with van der Waals surface area (Å²) in [7, 11) is 0. The number of hydrogen-bond acceptors (Lipinski definition) is 1. The molecule has 33 heavy (non-hydrogen) atoms. The van der Waals surface area contributed by atoms with Gasteiger partial charge in [-0.1, -0.05) is 97.1 Å². The summed E-state index contributed by atoms with van der Waals surface area (Å²) in [6.45, 7) is 0. The van der Waals surface area contributed by atoms with E-state index in [-0.39, 0.29) is 0 Å². The molecule has 0 atom stereocenters. The largest absolute Gasteiger partial charge is 0.356 e. The number of fused-ring (bicyclic) bond motifs is 2. The molecule has 0 amide bonds. The Labute approximate surface area is 194 Å². The van der Waals surface area contributed by atoms with E-state index >= 15 is 0 Å². The van der Waals surface area contributed by atoms with E-state index in [0.717, 1.165) is 11.4 Å². The lowest BCUT2D eigenvalue weighted by atomic mass is 9.93. The summed E-state index contributed by atoms with van der Waals surface area (Å²) in [5.41, 5.74) is 7.13. The lowest BCUT2D eigenvalue weighted by Gasteiger charge is -2.11. The Morgan fingerprint density at radius 2 is 1.00 bits per heavy atom. The van der Waals surface area contributed by atoms with Crippen LogP contribution in [0.15, 0.2) is 133 Å². The molecule has 0 aliphatic heterocycles. The van der Waals surface area contributed by atoms with E-state index in [9.17, 15) is 0 Å². The number of anilines is 2. The summed E-state index contributed by atoms with van der Waals surface area (Å²) >= 11 is 0. The molecule has 0 radical (unpaired) electrons. The molecule has 0 aliphatic rings. The van der Waals surface area contributed by atoms with E-state index in [0.29, 0.717) is 0 Å². The van der Waals surface area contributed by atoms with E-state index in [1.807, 2.05) is 18.2 Å². The van der Waals surface area contributed by atoms with Crippen LogP contribution in [-0.4, -0.2) is 0 Å². The van der Waals surface area contributed by atoms with Crippen molar-refractivity contribution < 1.29 is 0 Å². The first-order valence-electron chi connectivity index (χ1n) is 11.3. The highest BCUT2D eigenvalue weighted by atomic mass is 14.9. The number of hydrogen-bond donors (Lipinski definition) is 1. The topological polar surface area (TPSA) is 12.0 Å². The van der Waals surface area contributed by atoms with Gasteiger partial charge < -0.3 is 5.32 Å². The molecule has 0 aliphatic carbocycles. The van der Waals surface area contributed by atoms with Gasteiger partial charge in [0, 0.05) is 11.4 Å². The molecule has 1 heteroatoms. The average Bonchev–Trinajstić information content (AvgIpc) is 2.89. The van der Waals surface area contributed by atoms with Crippen molar-refractivity contribution in [1.82, 2.24) is 0 Å². The quantitative estimate of drug-likeness (QED) is 0.299. The molecule has 0 fully saturated rings. The molecule has 0 aromatic heterocycles. The van der Waals surface area contributed by atoms with Gasteiger partial charge in [0.15, 0.2) is 0 Å². The van der Waals surface area contributed by atoms with Gasteiger partial charge in [-0.25, -0.2) is 0 Å². The van der Waals surface area contributed by atoms with Crippen LogP contribution in [0.3, 0.4) is 0 Å². The molecule has 0 heterocycles. The third kappa shape index (κ3) is 3.86. The van der Waals surface area contributed by atoms with Gasteiger partial charge in [0.25, 0.3) is 0 Å². The maximum absolute atomic E-state index is 3.46. The maximum Gasteiger partial charge on any atom is 0.0384 e. The molecule has 156 valence electrons. The van der Waals surface area contributed by atoms with Gasteiger partial charge in [0.2, 0.25) is 0 Å². The van der Waals surface area contributed by atoms with E-state index in [1.165, 1.54) is 43.8 Å². The fourth-order valence-corrected chi connectivity index (χ4v) is 4.49. The summed E-state index contributed by atoms with van der Waals surface area (Å²) in [5, 5.41) is 8.53. The fraction of sp³-hybridized carbons (Fsp3) is 0. The molecule has 1 N–H and O–H groups in total. The van der Waals surface area contributed by atoms with Crippen molar-refractivity contribution in [2.45, 2.75) is 0 Å². The highest BCUT2D eigenvalue weighted by molar-refractivity contribution is 6.00. The van der Waals surface area contributed by atoms with Crippen molar-refractivity contribution in [3.05, 3.63) is 133 Å². The first-order chi connectivity index (χ1) is 16.3. The van der Waals surface area contributed by atoms with E-state index in [1.54, 1.807) is 0 Å². The number of nitrogens with one attached hydrogen (secondary N) is 1. The van der Waals surface area contributed by atoms with Gasteiger partial charge in [-0.15, -0.1) is 0 Å². The minimum absolute atomic E-state index is 1.09. The summed E-state index contributed by atoms with van der Waals surface area (Å²) in [6, 6.07) is 47.5. The predicted molar refractivity (Wildman–Crippen MR) is 142 cm³/mol. The SMILES string of the molecule is c1ccc(Nc2ccc(-c3ccc4cccc(-c5ccc6ccccc6c5)c4c3)cc2)cc1. The molecule has 6 aromatic carbocycles. The second-order valence-corrected chi connectivity index (χ2v) is 8.37. The summed E-state index contributed by atoms with van der Waals surface area (Å²) < 4.78 is 0. The van der Waals surface area contributed by atoms with Crippen LogP contribution in [0.4, 0.5) is 11.4 Å². The fourth-order valence-electron chi connectivity index (χ4n) is 4.49. The molecule has 0 spiro atoms. The monoisotopic (exact) mass is 421 g/mol. The van der Waals surface area contributed by atoms with Crippen molar-refractivity contribution in [3.8, 4) is 22.3 Å². The van der Waals surface area contributed by atoms with Crippen molar-refractivity contribution in [2.24, 2.45) is 0 Å². The highest BCUT2D eigenvalue weighted by Crippen LogP contribution is 2.34. The second-order valence-electron chi connectivity index (χ2n) is 8.37. The van der Waals surface area contributed by atoms with Crippen LogP contribution < -0.4 is 5.32 Å². The summed E-state index contributed by atoms with van der Waals surface area (Å²) in [6.07, 6.45) is 0. The highest BCUT2D eigenvalue weighted by Gasteiger charge is 2.07. The molecule has 6 aromatic rings. The Kier molecular flexibility index (Phi) is 4.86. The minimum Gasteiger partial charge on any atom is -0.356 e. The predicted octanol–water partition coefficient (Wildman–Crippen LogP) is 9.07. The van der Waals surface area contributed by atoms with Gasteiger partial charge in [-0.3, -0.25) is 0 Å². The third-order valence-electron chi connectivity index (χ3n) is 6.22. The van der Waals surface area contributed by atoms with Crippen LogP contribution >= 0.6 is 0 Å². The maximum atomic E-state index is 3.46. The second kappa shape index (κ2) is 8.29. The first kappa shape index (κ1) is 19.3. The van der Waals surface area contributed by atoms with Crippen LogP contribution in [0.25, 0.3) is 43.8 Å². The Morgan fingerprint density at radius 1 is 0.364 bits per heavy atom. The molecule has 0 saturated carbocycles. The standard InChI is InChI=1S/C32H23N/c1-2-10-29(11-3-1)33-30-19-17-24(18-20-30)27-15-14-25-9-6-12-31(32(25)22-27)28-16-13-23-7-4-5-8-26(23)21-28/h1-22,33H. The van der Waals surface area contributed by atoms with Gasteiger partial charge in [-0.2, -0.15) is 0 Å². The van der Waals surface area contributed by atoms with Crippen molar-refractivity contribution in [1.29, 1.82) is 0 Å². The van der Waals surface area contributed by atoms with Gasteiger partial charge in [0.05, 0.1) is 0 Å². The minimum atomic E-state index is 1.09. The first-order valence-corrected chi connectivity index (χ1v) is 11.3. The van der Waals surface area contributed by atoms with E-state index < -0.39 is 0 Å². The number of para-hydroxylation sites is 1. The zero-order chi connectivity index (χ0) is 22.0. The Balaban J connectivity index is 1.38. The zero-order valence-electron chi connectivity index (χ0n) is 18.2. The van der Waals surface area contributed by atoms with Gasteiger partial charge in [-0.05, 0) is 80.2 Å². The Morgan fingerprint density at radius 3 is 1.85 bits per heavy atom. The van der Waals surface area contributed by atoms with Crippen LogP contribution in [0.1, 0.15) is 0 Å². The normalized spacial score (nSPS) is 11.0. The van der Waals surface area contributed by atoms with Gasteiger partial charge >= 0.3 is 0 Å². The van der Waals surface area contributed by atoms with E-state index in [2.05, 4.69) is 121 Å². The smallest absolute Gasteiger partial charge is 0.0384 e. The summed E-state index contributed by atoms with van der Waals surface area (Å²) in [4.78, 5) is 0. The third-order valence-corrected chi connectivity index (χ3v) is 6.22. The van der Waals surface area contributed by atoms with Crippen LogP contribution in [0, 0.1) is 0 Å². The molecule has 6 rings (SSSR count). The van der Waals surface area contributed by atoms with Crippen molar-refractivity contribution in [2.75, 3.05) is 5.32 Å². The lowest BCUT2D eigenvalue weighted by molar-refractivity contribution is 1.54. The molecular weight excluding hydrogens is 398 g/mol. The van der Waals surface area contributed by atoms with Crippen molar-refractivity contribution in [3.63, 3.8) is 0 Å². The van der Waals surface area contributed by atoms with Crippen LogP contribution in [0.5, 0.6) is 0 Å². The molecule has 0 bridgehead atoms. The zero-order valence-corrected chi connectivity index (χ0v) is 18.2. The Bertz CT molecular complexity index is 1560.